The summed E-state index contributed by atoms with van der Waals surface area (Å²) in [6.45, 7) is 0.910. The van der Waals surface area contributed by atoms with Crippen molar-refractivity contribution >= 4 is 23.0 Å². The molecule has 74 valence electrons. The first-order chi connectivity index (χ1) is 6.75. The minimum Gasteiger partial charge on any atom is -0.335 e. The zero-order valence-electron chi connectivity index (χ0n) is 7.73. The lowest BCUT2D eigenvalue weighted by Crippen LogP contribution is -2.29. The molecule has 1 fully saturated rings. The molecule has 4 heteroatoms. The highest BCUT2D eigenvalue weighted by Crippen LogP contribution is 2.12. The van der Waals surface area contributed by atoms with E-state index in [1.807, 2.05) is 17.5 Å². The van der Waals surface area contributed by atoms with E-state index in [2.05, 4.69) is 0 Å². The van der Waals surface area contributed by atoms with Crippen molar-refractivity contribution in [1.29, 1.82) is 0 Å². The normalized spacial score (nSPS) is 16.3. The summed E-state index contributed by atoms with van der Waals surface area (Å²) in [5.41, 5.74) is 0. The van der Waals surface area contributed by atoms with Crippen LogP contribution in [-0.4, -0.2) is 29.7 Å². The van der Waals surface area contributed by atoms with E-state index in [1.54, 1.807) is 16.2 Å². The number of amides is 1. The molecule has 3 nitrogen and oxygen atoms in total. The van der Waals surface area contributed by atoms with Crippen LogP contribution in [-0.2, 0) is 16.0 Å². The smallest absolute Gasteiger partial charge is 0.228 e. The summed E-state index contributed by atoms with van der Waals surface area (Å²) in [6.07, 6.45) is 0.959. The van der Waals surface area contributed by atoms with Crippen LogP contribution < -0.4 is 0 Å². The van der Waals surface area contributed by atoms with Gasteiger partial charge in [0.05, 0.1) is 13.0 Å². The van der Waals surface area contributed by atoms with Gasteiger partial charge in [0, 0.05) is 17.8 Å². The molecule has 14 heavy (non-hydrogen) atoms. The zero-order chi connectivity index (χ0) is 9.97. The van der Waals surface area contributed by atoms with Gasteiger partial charge in [-0.2, -0.15) is 0 Å². The van der Waals surface area contributed by atoms with Crippen LogP contribution in [0, 0.1) is 0 Å². The van der Waals surface area contributed by atoms with Crippen LogP contribution in [0.5, 0.6) is 0 Å². The van der Waals surface area contributed by atoms with E-state index < -0.39 is 0 Å². The van der Waals surface area contributed by atoms with Crippen molar-refractivity contribution in [2.24, 2.45) is 0 Å². The molecule has 0 unspecified atom stereocenters. The van der Waals surface area contributed by atoms with Gasteiger partial charge in [0.1, 0.15) is 0 Å². The third kappa shape index (κ3) is 2.01. The predicted molar refractivity (Wildman–Crippen MR) is 54.2 cm³/mol. The van der Waals surface area contributed by atoms with E-state index in [1.165, 1.54) is 0 Å². The lowest BCUT2D eigenvalue weighted by atomic mass is 10.3. The molecule has 0 spiro atoms. The summed E-state index contributed by atoms with van der Waals surface area (Å²) in [6, 6.07) is 3.88. The van der Waals surface area contributed by atoms with E-state index in [0.717, 1.165) is 4.88 Å². The first kappa shape index (κ1) is 9.40. The molecular formula is C10H11NO2S. The van der Waals surface area contributed by atoms with Gasteiger partial charge in [-0.05, 0) is 11.4 Å². The maximum Gasteiger partial charge on any atom is 0.228 e. The minimum absolute atomic E-state index is 0.0679. The maximum atomic E-state index is 11.6. The lowest BCUT2D eigenvalue weighted by molar-refractivity contribution is -0.131. The molecule has 0 atom stereocenters. The Morgan fingerprint density at radius 3 is 3.00 bits per heavy atom. The van der Waals surface area contributed by atoms with Crippen LogP contribution >= 0.6 is 11.3 Å². The summed E-state index contributed by atoms with van der Waals surface area (Å²) in [4.78, 5) is 25.3. The first-order valence-corrected chi connectivity index (χ1v) is 5.45. The van der Waals surface area contributed by atoms with Crippen molar-refractivity contribution in [2.45, 2.75) is 12.8 Å². The number of hydrogen-bond donors (Lipinski definition) is 0. The number of nitrogens with zero attached hydrogens (tertiary/aromatic N) is 1. The van der Waals surface area contributed by atoms with Gasteiger partial charge < -0.3 is 4.90 Å². The highest BCUT2D eigenvalue weighted by atomic mass is 32.1. The number of carbonyl (C=O) groups excluding carboxylic acids is 2. The minimum atomic E-state index is 0.0679. The number of hydrogen-bond acceptors (Lipinski definition) is 3. The van der Waals surface area contributed by atoms with Crippen molar-refractivity contribution in [3.63, 3.8) is 0 Å². The highest BCUT2D eigenvalue weighted by molar-refractivity contribution is 7.10. The van der Waals surface area contributed by atoms with Gasteiger partial charge in [-0.3, -0.25) is 9.59 Å². The third-order valence-corrected chi connectivity index (χ3v) is 3.16. The third-order valence-electron chi connectivity index (χ3n) is 2.29. The fraction of sp³-hybridized carbons (Fsp3) is 0.400. The molecule has 0 aliphatic carbocycles. The van der Waals surface area contributed by atoms with Gasteiger partial charge in [0.2, 0.25) is 5.91 Å². The van der Waals surface area contributed by atoms with Crippen molar-refractivity contribution in [1.82, 2.24) is 4.90 Å². The molecule has 0 radical (unpaired) electrons. The Labute approximate surface area is 86.3 Å². The van der Waals surface area contributed by atoms with Crippen LogP contribution in [0.15, 0.2) is 17.5 Å². The van der Waals surface area contributed by atoms with Gasteiger partial charge in [0.15, 0.2) is 5.78 Å². The number of Topliss-reactive ketones (excluding diaryl/α,β-unsaturated/α-hetero) is 1. The average molecular weight is 209 g/mol. The Morgan fingerprint density at radius 2 is 2.43 bits per heavy atom. The standard InChI is InChI=1S/C10H11NO2S/c12-8-3-4-11(7-8)10(13)6-9-2-1-5-14-9/h1-2,5H,3-4,6-7H2. The molecule has 0 saturated carbocycles. The van der Waals surface area contributed by atoms with Crippen LogP contribution in [0.25, 0.3) is 0 Å². The van der Waals surface area contributed by atoms with E-state index in [0.29, 0.717) is 25.9 Å². The quantitative estimate of drug-likeness (QED) is 0.731. The van der Waals surface area contributed by atoms with Gasteiger partial charge >= 0.3 is 0 Å². The molecule has 1 aromatic heterocycles. The Balaban J connectivity index is 1.93. The molecule has 2 heterocycles. The molecule has 1 aliphatic heterocycles. The topological polar surface area (TPSA) is 37.4 Å². The fourth-order valence-corrected chi connectivity index (χ4v) is 2.21. The van der Waals surface area contributed by atoms with Crippen molar-refractivity contribution < 1.29 is 9.59 Å². The average Bonchev–Trinajstić information content (AvgIpc) is 2.75. The molecule has 1 aliphatic rings. The molecule has 0 N–H and O–H groups in total. The maximum absolute atomic E-state index is 11.6. The Bertz CT molecular complexity index is 345. The van der Waals surface area contributed by atoms with E-state index in [9.17, 15) is 9.59 Å². The van der Waals surface area contributed by atoms with Gasteiger partial charge in [-0.25, -0.2) is 0 Å². The number of carbonyl (C=O) groups is 2. The predicted octanol–water partition coefficient (Wildman–Crippen LogP) is 1.09. The van der Waals surface area contributed by atoms with Crippen molar-refractivity contribution in [3.8, 4) is 0 Å². The summed E-state index contributed by atoms with van der Waals surface area (Å²) in [7, 11) is 0. The molecule has 0 bridgehead atoms. The van der Waals surface area contributed by atoms with Crippen LogP contribution in [0.4, 0.5) is 0 Å². The Kier molecular flexibility index (Phi) is 2.63. The summed E-state index contributed by atoms with van der Waals surface area (Å²) in [5.74, 6) is 0.239. The van der Waals surface area contributed by atoms with Crippen LogP contribution in [0.2, 0.25) is 0 Å². The van der Waals surface area contributed by atoms with Gasteiger partial charge in [-0.1, -0.05) is 6.07 Å². The second-order valence-corrected chi connectivity index (χ2v) is 4.39. The summed E-state index contributed by atoms with van der Waals surface area (Å²) < 4.78 is 0. The summed E-state index contributed by atoms with van der Waals surface area (Å²) >= 11 is 1.58. The molecule has 1 aromatic rings. The zero-order valence-corrected chi connectivity index (χ0v) is 8.55. The molecule has 0 aromatic carbocycles. The number of rotatable bonds is 2. The molecule has 2 rings (SSSR count). The van der Waals surface area contributed by atoms with Crippen LogP contribution in [0.1, 0.15) is 11.3 Å². The molecule has 1 saturated heterocycles. The fourth-order valence-electron chi connectivity index (χ4n) is 1.52. The SMILES string of the molecule is O=C1CCN(C(=O)Cc2cccs2)C1. The highest BCUT2D eigenvalue weighted by Gasteiger charge is 2.23. The van der Waals surface area contributed by atoms with Crippen molar-refractivity contribution in [2.75, 3.05) is 13.1 Å². The Morgan fingerprint density at radius 1 is 1.57 bits per heavy atom. The lowest BCUT2D eigenvalue weighted by Gasteiger charge is -2.12. The van der Waals surface area contributed by atoms with Crippen molar-refractivity contribution in [3.05, 3.63) is 22.4 Å². The monoisotopic (exact) mass is 209 g/mol. The number of likely N-dealkylation sites (tertiary alicyclic amines) is 1. The van der Waals surface area contributed by atoms with Crippen LogP contribution in [0.3, 0.4) is 0 Å². The van der Waals surface area contributed by atoms with Gasteiger partial charge in [0.25, 0.3) is 0 Å². The number of thiophene rings is 1. The molecular weight excluding hydrogens is 198 g/mol. The second-order valence-electron chi connectivity index (χ2n) is 3.36. The summed E-state index contributed by atoms with van der Waals surface area (Å²) in [5, 5.41) is 1.96. The Hall–Kier alpha value is -1.16. The van der Waals surface area contributed by atoms with Gasteiger partial charge in [-0.15, -0.1) is 11.3 Å². The van der Waals surface area contributed by atoms with E-state index in [4.69, 9.17) is 0 Å². The molecule has 1 amide bonds. The second kappa shape index (κ2) is 3.92. The largest absolute Gasteiger partial charge is 0.335 e. The van der Waals surface area contributed by atoms with E-state index >= 15 is 0 Å². The van der Waals surface area contributed by atoms with E-state index in [-0.39, 0.29) is 11.7 Å². The number of ketones is 1. The first-order valence-electron chi connectivity index (χ1n) is 4.57.